The van der Waals surface area contributed by atoms with E-state index in [1.54, 1.807) is 33.7 Å². The van der Waals surface area contributed by atoms with Gasteiger partial charge in [0.25, 0.3) is 5.56 Å². The quantitative estimate of drug-likeness (QED) is 0.465. The Morgan fingerprint density at radius 3 is 2.91 bits per heavy atom. The third kappa shape index (κ3) is 2.88. The Balaban J connectivity index is 2.16. The predicted octanol–water partition coefficient (Wildman–Crippen LogP) is 4.27. The van der Waals surface area contributed by atoms with Gasteiger partial charge in [-0.05, 0) is 37.2 Å². The molecule has 0 fully saturated rings. The molecular weight excluding hydrogens is 312 g/mol. The minimum absolute atomic E-state index is 0.121. The van der Waals surface area contributed by atoms with Gasteiger partial charge in [0.2, 0.25) is 0 Å². The molecule has 0 bridgehead atoms. The van der Waals surface area contributed by atoms with E-state index in [-0.39, 0.29) is 5.56 Å². The van der Waals surface area contributed by atoms with Gasteiger partial charge < -0.3 is 0 Å². The summed E-state index contributed by atoms with van der Waals surface area (Å²) in [6.07, 6.45) is 6.33. The zero-order valence-electron chi connectivity index (χ0n) is 13.2. The molecule has 0 aromatic carbocycles. The Morgan fingerprint density at radius 1 is 1.41 bits per heavy atom. The van der Waals surface area contributed by atoms with Crippen LogP contribution in [0.5, 0.6) is 0 Å². The number of aromatic nitrogens is 2. The Hall–Kier alpha value is -1.07. The van der Waals surface area contributed by atoms with Crippen LogP contribution in [0, 0.1) is 5.92 Å². The average molecular weight is 335 g/mol. The Labute approximate surface area is 139 Å². The monoisotopic (exact) mass is 334 g/mol. The minimum Gasteiger partial charge on any atom is -0.283 e. The van der Waals surface area contributed by atoms with Gasteiger partial charge in [0.1, 0.15) is 4.83 Å². The number of aryl methyl sites for hydroxylation is 2. The zero-order valence-corrected chi connectivity index (χ0v) is 14.9. The van der Waals surface area contributed by atoms with E-state index in [4.69, 9.17) is 4.98 Å². The molecule has 2 aromatic rings. The van der Waals surface area contributed by atoms with Crippen LogP contribution in [0.25, 0.3) is 10.2 Å². The molecule has 0 unspecified atom stereocenters. The zero-order chi connectivity index (χ0) is 15.7. The Morgan fingerprint density at radius 2 is 2.18 bits per heavy atom. The van der Waals surface area contributed by atoms with Crippen LogP contribution in [0.4, 0.5) is 0 Å². The van der Waals surface area contributed by atoms with Crippen molar-refractivity contribution in [1.82, 2.24) is 9.55 Å². The number of hydrogen-bond donors (Lipinski definition) is 0. The Kier molecular flexibility index (Phi) is 4.73. The van der Waals surface area contributed by atoms with Crippen molar-refractivity contribution in [2.24, 2.45) is 5.92 Å². The van der Waals surface area contributed by atoms with E-state index in [1.165, 1.54) is 23.3 Å². The second-order valence-corrected chi connectivity index (χ2v) is 8.27. The molecule has 0 radical (unpaired) electrons. The van der Waals surface area contributed by atoms with Crippen molar-refractivity contribution in [3.63, 3.8) is 0 Å². The third-order valence-electron chi connectivity index (χ3n) is 3.90. The van der Waals surface area contributed by atoms with E-state index >= 15 is 0 Å². The number of thiophene rings is 1. The number of allylic oxidation sites excluding steroid dienone is 1. The lowest BCUT2D eigenvalue weighted by atomic mass is 9.97. The van der Waals surface area contributed by atoms with Crippen molar-refractivity contribution in [2.45, 2.75) is 51.2 Å². The highest BCUT2D eigenvalue weighted by molar-refractivity contribution is 7.99. The molecule has 1 aliphatic rings. The maximum absolute atomic E-state index is 13.0. The van der Waals surface area contributed by atoms with Crippen molar-refractivity contribution in [3.05, 3.63) is 33.4 Å². The summed E-state index contributed by atoms with van der Waals surface area (Å²) in [7, 11) is 0. The number of fused-ring (bicyclic) bond motifs is 3. The highest BCUT2D eigenvalue weighted by Crippen LogP contribution is 2.34. The molecule has 2 aromatic heterocycles. The summed E-state index contributed by atoms with van der Waals surface area (Å²) in [5.74, 6) is 1.55. The fourth-order valence-electron chi connectivity index (χ4n) is 2.86. The van der Waals surface area contributed by atoms with Gasteiger partial charge >= 0.3 is 0 Å². The summed E-state index contributed by atoms with van der Waals surface area (Å²) in [6, 6.07) is 0. The van der Waals surface area contributed by atoms with Gasteiger partial charge in [-0.3, -0.25) is 9.36 Å². The maximum Gasteiger partial charge on any atom is 0.263 e. The highest BCUT2D eigenvalue weighted by Gasteiger charge is 2.21. The molecule has 0 saturated carbocycles. The van der Waals surface area contributed by atoms with Gasteiger partial charge in [-0.2, -0.15) is 0 Å². The number of nitrogens with zero attached hydrogens (tertiary/aromatic N) is 2. The van der Waals surface area contributed by atoms with E-state index in [0.29, 0.717) is 12.5 Å². The van der Waals surface area contributed by atoms with Crippen LogP contribution in [0.1, 0.15) is 37.1 Å². The summed E-state index contributed by atoms with van der Waals surface area (Å²) < 4.78 is 1.80. The van der Waals surface area contributed by atoms with Crippen LogP contribution in [0.3, 0.4) is 0 Å². The fraction of sp³-hybridized carbons (Fsp3) is 0.529. The summed E-state index contributed by atoms with van der Waals surface area (Å²) in [6.45, 7) is 8.70. The van der Waals surface area contributed by atoms with Crippen molar-refractivity contribution in [2.75, 3.05) is 5.75 Å². The van der Waals surface area contributed by atoms with Gasteiger partial charge in [-0.25, -0.2) is 4.98 Å². The lowest BCUT2D eigenvalue weighted by Crippen LogP contribution is -2.23. The summed E-state index contributed by atoms with van der Waals surface area (Å²) >= 11 is 3.41. The highest BCUT2D eigenvalue weighted by atomic mass is 32.2. The first-order valence-corrected chi connectivity index (χ1v) is 9.70. The first-order chi connectivity index (χ1) is 10.6. The minimum atomic E-state index is 0.121. The second kappa shape index (κ2) is 6.59. The van der Waals surface area contributed by atoms with Gasteiger partial charge in [0.05, 0.1) is 5.39 Å². The van der Waals surface area contributed by atoms with Crippen LogP contribution in [0.2, 0.25) is 0 Å². The number of rotatable bonds is 5. The van der Waals surface area contributed by atoms with E-state index < -0.39 is 0 Å². The molecule has 5 heteroatoms. The molecule has 0 aliphatic heterocycles. The lowest BCUT2D eigenvalue weighted by molar-refractivity contribution is 0.664. The summed E-state index contributed by atoms with van der Waals surface area (Å²) in [5.41, 5.74) is 1.39. The smallest absolute Gasteiger partial charge is 0.263 e. The van der Waals surface area contributed by atoms with Crippen molar-refractivity contribution in [1.29, 1.82) is 0 Å². The average Bonchev–Trinajstić information content (AvgIpc) is 2.86. The standard InChI is InChI=1S/C17H22N2OS2/c1-4-9-19-16(20)14-12-7-5-6-8-13(12)22-15(14)18-17(19)21-10-11(2)3/h4,11H,1,5-10H2,2-3H3. The molecule has 0 amide bonds. The van der Waals surface area contributed by atoms with Crippen molar-refractivity contribution >= 4 is 33.3 Å². The van der Waals surface area contributed by atoms with Crippen molar-refractivity contribution < 1.29 is 0 Å². The van der Waals surface area contributed by atoms with Crippen LogP contribution >= 0.6 is 23.1 Å². The molecular formula is C17H22N2OS2. The molecule has 0 saturated heterocycles. The topological polar surface area (TPSA) is 34.9 Å². The van der Waals surface area contributed by atoms with E-state index in [1.807, 2.05) is 0 Å². The van der Waals surface area contributed by atoms with Gasteiger partial charge in [0, 0.05) is 17.2 Å². The maximum atomic E-state index is 13.0. The summed E-state index contributed by atoms with van der Waals surface area (Å²) in [5, 5.41) is 1.71. The van der Waals surface area contributed by atoms with Gasteiger partial charge in [-0.15, -0.1) is 17.9 Å². The summed E-state index contributed by atoms with van der Waals surface area (Å²) in [4.78, 5) is 20.1. The molecule has 2 heterocycles. The number of thioether (sulfide) groups is 1. The normalized spacial score (nSPS) is 14.5. The fourth-order valence-corrected chi connectivity index (χ4v) is 5.12. The van der Waals surface area contributed by atoms with Gasteiger partial charge in [0.15, 0.2) is 5.16 Å². The largest absolute Gasteiger partial charge is 0.283 e. The predicted molar refractivity (Wildman–Crippen MR) is 96.3 cm³/mol. The van der Waals surface area contributed by atoms with E-state index in [9.17, 15) is 4.79 Å². The van der Waals surface area contributed by atoms with E-state index in [2.05, 4.69) is 20.4 Å². The molecule has 0 spiro atoms. The van der Waals surface area contributed by atoms with Crippen LogP contribution in [0.15, 0.2) is 22.6 Å². The van der Waals surface area contributed by atoms with E-state index in [0.717, 1.165) is 34.0 Å². The molecule has 22 heavy (non-hydrogen) atoms. The molecule has 3 nitrogen and oxygen atoms in total. The van der Waals surface area contributed by atoms with Crippen LogP contribution < -0.4 is 5.56 Å². The molecule has 0 atom stereocenters. The van der Waals surface area contributed by atoms with Crippen LogP contribution in [-0.2, 0) is 19.4 Å². The van der Waals surface area contributed by atoms with Crippen LogP contribution in [-0.4, -0.2) is 15.3 Å². The lowest BCUT2D eigenvalue weighted by Gasteiger charge is -2.12. The van der Waals surface area contributed by atoms with Crippen molar-refractivity contribution in [3.8, 4) is 0 Å². The second-order valence-electron chi connectivity index (χ2n) is 6.19. The number of hydrogen-bond acceptors (Lipinski definition) is 4. The molecule has 1 aliphatic carbocycles. The van der Waals surface area contributed by atoms with Gasteiger partial charge in [-0.1, -0.05) is 31.7 Å². The molecule has 118 valence electrons. The first-order valence-electron chi connectivity index (χ1n) is 7.90. The first kappa shape index (κ1) is 15.8. The molecule has 3 rings (SSSR count). The Bertz CT molecular complexity index is 758. The molecule has 0 N–H and O–H groups in total. The third-order valence-corrected chi connectivity index (χ3v) is 6.49. The SMILES string of the molecule is C=CCn1c(SCC(C)C)nc2sc3c(c2c1=O)CCCC3.